The van der Waals surface area contributed by atoms with Crippen LogP contribution in [0.25, 0.3) is 10.9 Å². The molecule has 1 aromatic carbocycles. The van der Waals surface area contributed by atoms with E-state index >= 15 is 0 Å². The summed E-state index contributed by atoms with van der Waals surface area (Å²) in [6, 6.07) is 7.69. The maximum absolute atomic E-state index is 12.3. The lowest BCUT2D eigenvalue weighted by molar-refractivity contribution is 0.0919. The van der Waals surface area contributed by atoms with E-state index in [-0.39, 0.29) is 11.3 Å². The standard InChI is InChI=1S/C15H20N4O/c1-15(6-8-16-9-7-15)10-17-14(20)13-11-4-2-3-5-12(11)18-19-13/h2-5,16H,6-10H2,1H3,(H,17,20)(H,18,19). The monoisotopic (exact) mass is 272 g/mol. The number of aromatic amines is 1. The fourth-order valence-electron chi connectivity index (χ4n) is 2.72. The molecule has 1 saturated heterocycles. The molecule has 0 aliphatic carbocycles. The van der Waals surface area contributed by atoms with Gasteiger partial charge in [0.2, 0.25) is 0 Å². The third-order valence-electron chi connectivity index (χ3n) is 4.17. The van der Waals surface area contributed by atoms with Crippen molar-refractivity contribution in [1.82, 2.24) is 20.8 Å². The highest BCUT2D eigenvalue weighted by molar-refractivity contribution is 6.04. The molecule has 5 nitrogen and oxygen atoms in total. The van der Waals surface area contributed by atoms with Crippen LogP contribution < -0.4 is 10.6 Å². The van der Waals surface area contributed by atoms with Gasteiger partial charge >= 0.3 is 0 Å². The molecule has 1 aromatic heterocycles. The molecular formula is C15H20N4O. The number of hydrogen-bond acceptors (Lipinski definition) is 3. The second kappa shape index (κ2) is 5.25. The predicted molar refractivity (Wildman–Crippen MR) is 78.6 cm³/mol. The number of para-hydroxylation sites is 1. The van der Waals surface area contributed by atoms with E-state index in [0.717, 1.165) is 36.8 Å². The largest absolute Gasteiger partial charge is 0.350 e. The third kappa shape index (κ3) is 2.54. The van der Waals surface area contributed by atoms with Crippen molar-refractivity contribution in [2.45, 2.75) is 19.8 Å². The van der Waals surface area contributed by atoms with Gasteiger partial charge in [0.15, 0.2) is 5.69 Å². The van der Waals surface area contributed by atoms with Crippen molar-refractivity contribution in [2.24, 2.45) is 5.41 Å². The fraction of sp³-hybridized carbons (Fsp3) is 0.467. The first-order valence-corrected chi connectivity index (χ1v) is 7.10. The van der Waals surface area contributed by atoms with Gasteiger partial charge in [-0.25, -0.2) is 0 Å². The lowest BCUT2D eigenvalue weighted by Gasteiger charge is -2.34. The highest BCUT2D eigenvalue weighted by Gasteiger charge is 2.27. The molecule has 5 heteroatoms. The zero-order chi connectivity index (χ0) is 14.0. The normalized spacial score (nSPS) is 18.1. The minimum absolute atomic E-state index is 0.0952. The summed E-state index contributed by atoms with van der Waals surface area (Å²) in [4.78, 5) is 12.3. The van der Waals surface area contributed by atoms with Crippen molar-refractivity contribution in [3.63, 3.8) is 0 Å². The molecule has 0 bridgehead atoms. The van der Waals surface area contributed by atoms with Gasteiger partial charge in [0.1, 0.15) is 0 Å². The van der Waals surface area contributed by atoms with Crippen molar-refractivity contribution in [1.29, 1.82) is 0 Å². The number of aromatic nitrogens is 2. The molecular weight excluding hydrogens is 252 g/mol. The number of piperidine rings is 1. The summed E-state index contributed by atoms with van der Waals surface area (Å²) in [5.74, 6) is -0.0952. The smallest absolute Gasteiger partial charge is 0.272 e. The number of H-pyrrole nitrogens is 1. The number of carbonyl (C=O) groups excluding carboxylic acids is 1. The fourth-order valence-corrected chi connectivity index (χ4v) is 2.72. The van der Waals surface area contributed by atoms with Gasteiger partial charge in [-0.3, -0.25) is 9.89 Å². The lowest BCUT2D eigenvalue weighted by atomic mass is 9.81. The molecule has 0 spiro atoms. The van der Waals surface area contributed by atoms with Crippen molar-refractivity contribution < 1.29 is 4.79 Å². The Morgan fingerprint density at radius 1 is 1.35 bits per heavy atom. The van der Waals surface area contributed by atoms with Crippen molar-refractivity contribution in [3.05, 3.63) is 30.0 Å². The van der Waals surface area contributed by atoms with Crippen LogP contribution in [0.5, 0.6) is 0 Å². The van der Waals surface area contributed by atoms with E-state index in [1.165, 1.54) is 0 Å². The summed E-state index contributed by atoms with van der Waals surface area (Å²) in [5.41, 5.74) is 1.57. The van der Waals surface area contributed by atoms with Gasteiger partial charge in [-0.2, -0.15) is 5.10 Å². The molecule has 0 unspecified atom stereocenters. The number of amides is 1. The lowest BCUT2D eigenvalue weighted by Crippen LogP contribution is -2.43. The molecule has 106 valence electrons. The SMILES string of the molecule is CC1(CNC(=O)c2n[nH]c3ccccc23)CCNCC1. The third-order valence-corrected chi connectivity index (χ3v) is 4.17. The Labute approximate surface area is 118 Å². The van der Waals surface area contributed by atoms with Gasteiger partial charge < -0.3 is 10.6 Å². The van der Waals surface area contributed by atoms with E-state index < -0.39 is 0 Å². The minimum Gasteiger partial charge on any atom is -0.350 e. The molecule has 0 saturated carbocycles. The molecule has 2 aromatic rings. The highest BCUT2D eigenvalue weighted by atomic mass is 16.1. The van der Waals surface area contributed by atoms with Crippen molar-refractivity contribution in [3.8, 4) is 0 Å². The Hall–Kier alpha value is -1.88. The zero-order valence-electron chi connectivity index (χ0n) is 11.7. The molecule has 3 rings (SSSR count). The molecule has 1 amide bonds. The number of nitrogens with zero attached hydrogens (tertiary/aromatic N) is 1. The minimum atomic E-state index is -0.0952. The zero-order valence-corrected chi connectivity index (χ0v) is 11.7. The van der Waals surface area contributed by atoms with Crippen LogP contribution in [0.4, 0.5) is 0 Å². The summed E-state index contributed by atoms with van der Waals surface area (Å²) in [6.07, 6.45) is 2.18. The van der Waals surface area contributed by atoms with Gasteiger partial charge in [0.25, 0.3) is 5.91 Å². The van der Waals surface area contributed by atoms with Crippen LogP contribution in [0.3, 0.4) is 0 Å². The summed E-state index contributed by atoms with van der Waals surface area (Å²) in [5, 5.41) is 14.3. The van der Waals surface area contributed by atoms with Gasteiger partial charge in [-0.15, -0.1) is 0 Å². The molecule has 3 N–H and O–H groups in total. The first-order valence-electron chi connectivity index (χ1n) is 7.10. The van der Waals surface area contributed by atoms with E-state index in [9.17, 15) is 4.79 Å². The molecule has 0 radical (unpaired) electrons. The molecule has 20 heavy (non-hydrogen) atoms. The molecule has 0 atom stereocenters. The van der Waals surface area contributed by atoms with Crippen LogP contribution in [0, 0.1) is 5.41 Å². The number of carbonyl (C=O) groups is 1. The van der Waals surface area contributed by atoms with Crippen LogP contribution in [0.15, 0.2) is 24.3 Å². The first-order chi connectivity index (χ1) is 9.68. The van der Waals surface area contributed by atoms with E-state index in [0.29, 0.717) is 12.2 Å². The molecule has 2 heterocycles. The van der Waals surface area contributed by atoms with Crippen LogP contribution in [-0.2, 0) is 0 Å². The Kier molecular flexibility index (Phi) is 3.44. The van der Waals surface area contributed by atoms with Gasteiger partial charge in [0, 0.05) is 11.9 Å². The van der Waals surface area contributed by atoms with Crippen LogP contribution in [0.1, 0.15) is 30.3 Å². The summed E-state index contributed by atoms with van der Waals surface area (Å²) in [7, 11) is 0. The van der Waals surface area contributed by atoms with Gasteiger partial charge in [0.05, 0.1) is 5.52 Å². The second-order valence-electron chi connectivity index (χ2n) is 5.86. The highest BCUT2D eigenvalue weighted by Crippen LogP contribution is 2.26. The molecule has 1 aliphatic rings. The number of nitrogens with one attached hydrogen (secondary N) is 3. The Balaban J connectivity index is 1.70. The number of fused-ring (bicyclic) bond motifs is 1. The quantitative estimate of drug-likeness (QED) is 0.796. The summed E-state index contributed by atoms with van der Waals surface area (Å²) >= 11 is 0. The van der Waals surface area contributed by atoms with Crippen LogP contribution in [-0.4, -0.2) is 35.7 Å². The maximum atomic E-state index is 12.3. The molecule has 1 fully saturated rings. The Bertz CT molecular complexity index is 613. The summed E-state index contributed by atoms with van der Waals surface area (Å²) in [6.45, 7) is 4.99. The molecule has 1 aliphatic heterocycles. The van der Waals surface area contributed by atoms with E-state index in [4.69, 9.17) is 0 Å². The number of hydrogen-bond donors (Lipinski definition) is 3. The van der Waals surface area contributed by atoms with Crippen molar-refractivity contribution in [2.75, 3.05) is 19.6 Å². The summed E-state index contributed by atoms with van der Waals surface area (Å²) < 4.78 is 0. The van der Waals surface area contributed by atoms with E-state index in [1.54, 1.807) is 0 Å². The number of benzene rings is 1. The first kappa shape index (κ1) is 13.1. The average Bonchev–Trinajstić information content (AvgIpc) is 2.90. The van der Waals surface area contributed by atoms with Crippen LogP contribution in [0.2, 0.25) is 0 Å². The maximum Gasteiger partial charge on any atom is 0.272 e. The Morgan fingerprint density at radius 3 is 2.90 bits per heavy atom. The second-order valence-corrected chi connectivity index (χ2v) is 5.86. The van der Waals surface area contributed by atoms with E-state index in [1.807, 2.05) is 24.3 Å². The predicted octanol–water partition coefficient (Wildman–Crippen LogP) is 1.68. The number of rotatable bonds is 3. The Morgan fingerprint density at radius 2 is 2.10 bits per heavy atom. The topological polar surface area (TPSA) is 69.8 Å². The van der Waals surface area contributed by atoms with E-state index in [2.05, 4.69) is 27.8 Å². The average molecular weight is 272 g/mol. The van der Waals surface area contributed by atoms with Crippen LogP contribution >= 0.6 is 0 Å². The van der Waals surface area contributed by atoms with Gasteiger partial charge in [-0.1, -0.05) is 25.1 Å². The van der Waals surface area contributed by atoms with Crippen molar-refractivity contribution >= 4 is 16.8 Å². The van der Waals surface area contributed by atoms with Gasteiger partial charge in [-0.05, 0) is 37.4 Å².